The molecule has 0 aliphatic carbocycles. The van der Waals surface area contributed by atoms with Crippen molar-refractivity contribution in [1.29, 1.82) is 0 Å². The van der Waals surface area contributed by atoms with Gasteiger partial charge in [-0.05, 0) is 0 Å². The standard InChI is InChI=1S/C4H16NO4Si4/c1-10-7-13(5-4-6,8-11-2)9-12-3/h10-12H2,1-3H3,(H,5,6). The molecule has 0 aliphatic rings. The topological polar surface area (TPSA) is 56.8 Å². The van der Waals surface area contributed by atoms with Crippen LogP contribution in [0.15, 0.2) is 0 Å². The van der Waals surface area contributed by atoms with Crippen LogP contribution in [-0.2, 0) is 17.1 Å². The number of hydrogen-bond donors (Lipinski definition) is 1. The molecule has 0 saturated carbocycles. The Labute approximate surface area is 86.8 Å². The molecule has 77 valence electrons. The largest absolute Gasteiger partial charge is 0.600 e. The Morgan fingerprint density at radius 3 is 1.69 bits per heavy atom. The maximum atomic E-state index is 10.2. The van der Waals surface area contributed by atoms with E-state index in [0.717, 1.165) is 0 Å². The number of rotatable bonds is 8. The molecule has 0 aromatic carbocycles. The van der Waals surface area contributed by atoms with E-state index in [2.05, 4.69) is 4.98 Å². The second-order valence-corrected chi connectivity index (χ2v) is 8.64. The summed E-state index contributed by atoms with van der Waals surface area (Å²) in [5, 5.41) is 0. The number of amides is 1. The third kappa shape index (κ3) is 4.85. The van der Waals surface area contributed by atoms with Gasteiger partial charge in [-0.1, -0.05) is 19.6 Å². The predicted molar refractivity (Wildman–Crippen MR) is 61.1 cm³/mol. The fourth-order valence-corrected chi connectivity index (χ4v) is 9.67. The van der Waals surface area contributed by atoms with E-state index in [-0.39, 0.29) is 0 Å². The molecule has 1 amide bonds. The van der Waals surface area contributed by atoms with Gasteiger partial charge in [-0.2, -0.15) is 0 Å². The molecule has 0 aromatic heterocycles. The highest BCUT2D eigenvalue weighted by atomic mass is 28.5. The first-order valence-corrected chi connectivity index (χ1v) is 12.0. The Bertz CT molecular complexity index is 131. The van der Waals surface area contributed by atoms with Crippen molar-refractivity contribution >= 4 is 44.7 Å². The molecule has 0 bridgehead atoms. The maximum Gasteiger partial charge on any atom is 0.600 e. The first-order valence-electron chi connectivity index (χ1n) is 4.30. The van der Waals surface area contributed by atoms with Crippen LogP contribution < -0.4 is 4.98 Å². The third-order valence-electron chi connectivity index (χ3n) is 1.21. The highest BCUT2D eigenvalue weighted by Crippen LogP contribution is 2.02. The quantitative estimate of drug-likeness (QED) is 0.385. The summed E-state index contributed by atoms with van der Waals surface area (Å²) in [6.07, 6.45) is 1.62. The average molecular weight is 255 g/mol. The van der Waals surface area contributed by atoms with Crippen molar-refractivity contribution in [2.45, 2.75) is 19.6 Å². The van der Waals surface area contributed by atoms with Crippen LogP contribution in [0.1, 0.15) is 0 Å². The Hall–Kier alpha value is 0.218. The summed E-state index contributed by atoms with van der Waals surface area (Å²) < 4.78 is 16.4. The monoisotopic (exact) mass is 254 g/mol. The van der Waals surface area contributed by atoms with E-state index in [1.54, 1.807) is 6.41 Å². The molecule has 1 N–H and O–H groups in total. The summed E-state index contributed by atoms with van der Waals surface area (Å²) in [5.41, 5.74) is 0. The highest BCUT2D eigenvalue weighted by molar-refractivity contribution is 6.72. The first kappa shape index (κ1) is 13.2. The lowest BCUT2D eigenvalue weighted by Gasteiger charge is -2.27. The SMILES string of the molecule is C[SiH2]O[Si](N[C]=O)(O[SiH2]C)O[SiH2]C. The summed E-state index contributed by atoms with van der Waals surface area (Å²) in [6, 6.07) is 0. The van der Waals surface area contributed by atoms with Gasteiger partial charge in [0.25, 0.3) is 0 Å². The molecule has 0 heterocycles. The summed E-state index contributed by atoms with van der Waals surface area (Å²) in [7, 11) is -4.69. The minimum Gasteiger partial charge on any atom is -0.406 e. The van der Waals surface area contributed by atoms with Gasteiger partial charge in [0.05, 0.1) is 0 Å². The van der Waals surface area contributed by atoms with E-state index in [1.807, 2.05) is 19.6 Å². The summed E-state index contributed by atoms with van der Waals surface area (Å²) in [5.74, 6) is 0. The molecule has 0 unspecified atom stereocenters. The minimum atomic E-state index is -2.78. The van der Waals surface area contributed by atoms with Crippen LogP contribution >= 0.6 is 0 Å². The molecule has 0 saturated heterocycles. The van der Waals surface area contributed by atoms with Crippen LogP contribution in [0.3, 0.4) is 0 Å². The normalized spacial score (nSPS) is 17.8. The lowest BCUT2D eigenvalue weighted by Crippen LogP contribution is -2.59. The highest BCUT2D eigenvalue weighted by Gasteiger charge is 2.40. The molecule has 13 heavy (non-hydrogen) atoms. The zero-order valence-electron chi connectivity index (χ0n) is 8.25. The van der Waals surface area contributed by atoms with Gasteiger partial charge in [0.15, 0.2) is 29.3 Å². The van der Waals surface area contributed by atoms with Crippen molar-refractivity contribution in [2.75, 3.05) is 0 Å². The van der Waals surface area contributed by atoms with Gasteiger partial charge in [0, 0.05) is 0 Å². The van der Waals surface area contributed by atoms with E-state index >= 15 is 0 Å². The van der Waals surface area contributed by atoms with Gasteiger partial charge in [-0.25, -0.2) is 0 Å². The molecule has 0 atom stereocenters. The summed E-state index contributed by atoms with van der Waals surface area (Å²) in [4.78, 5) is 12.7. The summed E-state index contributed by atoms with van der Waals surface area (Å²) >= 11 is 0. The molecule has 0 rings (SSSR count). The molecule has 5 nitrogen and oxygen atoms in total. The van der Waals surface area contributed by atoms with E-state index in [0.29, 0.717) is 0 Å². The lowest BCUT2D eigenvalue weighted by atomic mass is 11.5. The second-order valence-electron chi connectivity index (χ2n) is 2.08. The summed E-state index contributed by atoms with van der Waals surface area (Å²) in [6.45, 7) is 5.94. The molecule has 9 heteroatoms. The Morgan fingerprint density at radius 2 is 1.46 bits per heavy atom. The fourth-order valence-electron chi connectivity index (χ4n) is 0.866. The molecular formula is C4H16NO4Si4. The van der Waals surface area contributed by atoms with Crippen LogP contribution in [0.25, 0.3) is 0 Å². The smallest absolute Gasteiger partial charge is 0.406 e. The minimum absolute atomic E-state index is 0.636. The van der Waals surface area contributed by atoms with Gasteiger partial charge in [0.1, 0.15) is 0 Å². The van der Waals surface area contributed by atoms with Gasteiger partial charge in [-0.15, -0.1) is 0 Å². The lowest BCUT2D eigenvalue weighted by molar-refractivity contribution is 0.273. The Kier molecular flexibility index (Phi) is 7.73. The predicted octanol–water partition coefficient (Wildman–Crippen LogP) is -2.48. The van der Waals surface area contributed by atoms with Crippen molar-refractivity contribution in [2.24, 2.45) is 0 Å². The average Bonchev–Trinajstić information content (AvgIpc) is 2.06. The van der Waals surface area contributed by atoms with Gasteiger partial charge < -0.3 is 17.3 Å². The molecule has 0 fully saturated rings. The molecule has 0 aromatic rings. The van der Waals surface area contributed by atoms with Crippen molar-refractivity contribution in [3.05, 3.63) is 0 Å². The third-order valence-corrected chi connectivity index (χ3v) is 9.64. The van der Waals surface area contributed by atoms with Crippen LogP contribution in [0, 0.1) is 0 Å². The van der Waals surface area contributed by atoms with Crippen LogP contribution in [0.4, 0.5) is 0 Å². The maximum absolute atomic E-state index is 10.2. The van der Waals surface area contributed by atoms with Gasteiger partial charge >= 0.3 is 15.4 Å². The zero-order valence-corrected chi connectivity index (χ0v) is 13.5. The Morgan fingerprint density at radius 1 is 1.08 bits per heavy atom. The van der Waals surface area contributed by atoms with Crippen molar-refractivity contribution in [3.63, 3.8) is 0 Å². The molecule has 0 spiro atoms. The Balaban J connectivity index is 4.27. The van der Waals surface area contributed by atoms with Crippen LogP contribution in [0.2, 0.25) is 19.6 Å². The fraction of sp³-hybridized carbons (Fsp3) is 0.750. The van der Waals surface area contributed by atoms with Crippen molar-refractivity contribution < 1.29 is 17.1 Å². The van der Waals surface area contributed by atoms with Crippen LogP contribution in [-0.4, -0.2) is 44.7 Å². The van der Waals surface area contributed by atoms with E-state index in [1.165, 1.54) is 0 Å². The van der Waals surface area contributed by atoms with Crippen molar-refractivity contribution in [3.8, 4) is 0 Å². The van der Waals surface area contributed by atoms with Gasteiger partial charge in [-0.3, -0.25) is 4.79 Å². The van der Waals surface area contributed by atoms with E-state index in [9.17, 15) is 4.79 Å². The molecule has 1 radical (unpaired) electrons. The van der Waals surface area contributed by atoms with Crippen molar-refractivity contribution in [1.82, 2.24) is 4.98 Å². The van der Waals surface area contributed by atoms with Crippen LogP contribution in [0.5, 0.6) is 0 Å². The number of carbonyl (C=O) groups excluding carboxylic acids is 1. The zero-order chi connectivity index (χ0) is 10.2. The van der Waals surface area contributed by atoms with Gasteiger partial charge in [0.2, 0.25) is 0 Å². The first-order chi connectivity index (χ1) is 6.24. The van der Waals surface area contributed by atoms with E-state index < -0.39 is 38.3 Å². The molecular weight excluding hydrogens is 238 g/mol. The number of nitrogens with one attached hydrogen (secondary N) is 1. The number of hydrogen-bond acceptors (Lipinski definition) is 4. The molecule has 0 aliphatic heterocycles. The van der Waals surface area contributed by atoms with E-state index in [4.69, 9.17) is 12.3 Å². The second kappa shape index (κ2) is 7.61.